The molecular weight excluding hydrogens is 266 g/mol. The topological polar surface area (TPSA) is 54.5 Å². The first kappa shape index (κ1) is 14.7. The molecule has 0 aliphatic rings. The van der Waals surface area contributed by atoms with Gasteiger partial charge < -0.3 is 0 Å². The fraction of sp³-hybridized carbons (Fsp3) is 0.118. The molecule has 0 N–H and O–H groups in total. The summed E-state index contributed by atoms with van der Waals surface area (Å²) < 4.78 is 0. The van der Waals surface area contributed by atoms with E-state index in [1.54, 1.807) is 62.4 Å². The van der Waals surface area contributed by atoms with Crippen molar-refractivity contribution in [1.82, 2.24) is 4.90 Å². The van der Waals surface area contributed by atoms with Crippen molar-refractivity contribution < 1.29 is 14.4 Å². The standard InChI is InChI=1S/C17H15NO3/c1-12-7-3-5-9-14(12)16(20)18(11-19)17(21)15-10-6-4-8-13(15)2/h3-11H,1-2H3. The zero-order chi connectivity index (χ0) is 15.4. The largest absolute Gasteiger partial charge is 0.278 e. The predicted octanol–water partition coefficient (Wildman–Crippen LogP) is 2.74. The Hall–Kier alpha value is -2.75. The van der Waals surface area contributed by atoms with Gasteiger partial charge >= 0.3 is 0 Å². The Kier molecular flexibility index (Phi) is 4.28. The highest BCUT2D eigenvalue weighted by Crippen LogP contribution is 2.14. The van der Waals surface area contributed by atoms with Gasteiger partial charge in [-0.15, -0.1) is 0 Å². The summed E-state index contributed by atoms with van der Waals surface area (Å²) in [5.41, 5.74) is 2.11. The van der Waals surface area contributed by atoms with Crippen LogP contribution in [0.25, 0.3) is 0 Å². The van der Waals surface area contributed by atoms with E-state index in [2.05, 4.69) is 0 Å². The SMILES string of the molecule is Cc1ccccc1C(=O)N(C=O)C(=O)c1ccccc1C. The number of benzene rings is 2. The maximum Gasteiger partial charge on any atom is 0.267 e. The molecule has 0 saturated carbocycles. The summed E-state index contributed by atoms with van der Waals surface area (Å²) in [5.74, 6) is -1.23. The number of carbonyl (C=O) groups is 3. The number of rotatable bonds is 3. The number of hydrogen-bond donors (Lipinski definition) is 0. The summed E-state index contributed by atoms with van der Waals surface area (Å²) in [5, 5.41) is 0. The molecule has 106 valence electrons. The average molecular weight is 281 g/mol. The van der Waals surface area contributed by atoms with Crippen LogP contribution in [0.5, 0.6) is 0 Å². The number of imide groups is 3. The van der Waals surface area contributed by atoms with Gasteiger partial charge in [-0.1, -0.05) is 36.4 Å². The van der Waals surface area contributed by atoms with E-state index in [0.717, 1.165) is 0 Å². The highest BCUT2D eigenvalue weighted by Gasteiger charge is 2.25. The van der Waals surface area contributed by atoms with Gasteiger partial charge in [-0.3, -0.25) is 14.4 Å². The molecule has 0 spiro atoms. The zero-order valence-corrected chi connectivity index (χ0v) is 11.9. The van der Waals surface area contributed by atoms with E-state index in [9.17, 15) is 14.4 Å². The Morgan fingerprint density at radius 1 is 0.810 bits per heavy atom. The second kappa shape index (κ2) is 6.13. The number of carbonyl (C=O) groups excluding carboxylic acids is 3. The quantitative estimate of drug-likeness (QED) is 0.642. The van der Waals surface area contributed by atoms with Crippen LogP contribution in [-0.4, -0.2) is 23.1 Å². The smallest absolute Gasteiger partial charge is 0.267 e. The molecule has 0 aliphatic heterocycles. The normalized spacial score (nSPS) is 10.0. The summed E-state index contributed by atoms with van der Waals surface area (Å²) in [6.07, 6.45) is 0.267. The van der Waals surface area contributed by atoms with Crippen molar-refractivity contribution in [2.24, 2.45) is 0 Å². The first-order valence-electron chi connectivity index (χ1n) is 6.50. The molecule has 0 unspecified atom stereocenters. The van der Waals surface area contributed by atoms with Crippen molar-refractivity contribution >= 4 is 18.2 Å². The number of nitrogens with zero attached hydrogens (tertiary/aromatic N) is 1. The van der Waals surface area contributed by atoms with Gasteiger partial charge in [-0.2, -0.15) is 0 Å². The fourth-order valence-electron chi connectivity index (χ4n) is 2.07. The Bertz CT molecular complexity index is 649. The third-order valence-corrected chi connectivity index (χ3v) is 3.29. The molecule has 2 aromatic carbocycles. The summed E-state index contributed by atoms with van der Waals surface area (Å²) in [7, 11) is 0. The van der Waals surface area contributed by atoms with Crippen LogP contribution in [0.15, 0.2) is 48.5 Å². The maximum absolute atomic E-state index is 12.4. The third-order valence-electron chi connectivity index (χ3n) is 3.29. The van der Waals surface area contributed by atoms with Crippen LogP contribution < -0.4 is 0 Å². The van der Waals surface area contributed by atoms with E-state index in [-0.39, 0.29) is 6.41 Å². The lowest BCUT2D eigenvalue weighted by atomic mass is 10.1. The van der Waals surface area contributed by atoms with E-state index in [1.807, 2.05) is 0 Å². The number of amides is 3. The Balaban J connectivity index is 2.39. The molecule has 4 nitrogen and oxygen atoms in total. The van der Waals surface area contributed by atoms with Crippen molar-refractivity contribution in [2.45, 2.75) is 13.8 Å². The minimum atomic E-state index is -0.614. The first-order chi connectivity index (χ1) is 10.1. The van der Waals surface area contributed by atoms with Crippen LogP contribution in [0.2, 0.25) is 0 Å². The molecule has 0 radical (unpaired) electrons. The Morgan fingerprint density at radius 2 is 1.19 bits per heavy atom. The number of aryl methyl sites for hydroxylation is 2. The molecule has 21 heavy (non-hydrogen) atoms. The minimum absolute atomic E-state index is 0.267. The molecule has 0 fully saturated rings. The van der Waals surface area contributed by atoms with Crippen molar-refractivity contribution in [3.05, 3.63) is 70.8 Å². The van der Waals surface area contributed by atoms with Crippen LogP contribution >= 0.6 is 0 Å². The van der Waals surface area contributed by atoms with Gasteiger partial charge in [0.05, 0.1) is 0 Å². The van der Waals surface area contributed by atoms with Crippen LogP contribution in [0.1, 0.15) is 31.8 Å². The van der Waals surface area contributed by atoms with Crippen molar-refractivity contribution in [3.8, 4) is 0 Å². The van der Waals surface area contributed by atoms with Crippen LogP contribution in [0.3, 0.4) is 0 Å². The van der Waals surface area contributed by atoms with E-state index in [1.165, 1.54) is 0 Å². The van der Waals surface area contributed by atoms with Crippen LogP contribution in [0.4, 0.5) is 0 Å². The van der Waals surface area contributed by atoms with Gasteiger partial charge in [0.15, 0.2) is 0 Å². The van der Waals surface area contributed by atoms with E-state index < -0.39 is 11.8 Å². The van der Waals surface area contributed by atoms with E-state index in [4.69, 9.17) is 0 Å². The van der Waals surface area contributed by atoms with Gasteiger partial charge in [0.25, 0.3) is 11.8 Å². The average Bonchev–Trinajstić information content (AvgIpc) is 2.48. The van der Waals surface area contributed by atoms with Crippen molar-refractivity contribution in [3.63, 3.8) is 0 Å². The summed E-state index contributed by atoms with van der Waals surface area (Å²) in [4.78, 5) is 36.7. The highest BCUT2D eigenvalue weighted by molar-refractivity contribution is 6.17. The predicted molar refractivity (Wildman–Crippen MR) is 78.9 cm³/mol. The molecule has 3 amide bonds. The lowest BCUT2D eigenvalue weighted by Gasteiger charge is -2.16. The minimum Gasteiger partial charge on any atom is -0.278 e. The molecular formula is C17H15NO3. The molecule has 0 aliphatic carbocycles. The second-order valence-corrected chi connectivity index (χ2v) is 4.72. The molecule has 0 heterocycles. The first-order valence-corrected chi connectivity index (χ1v) is 6.50. The summed E-state index contributed by atoms with van der Waals surface area (Å²) >= 11 is 0. The van der Waals surface area contributed by atoms with Crippen molar-refractivity contribution in [1.29, 1.82) is 0 Å². The van der Waals surface area contributed by atoms with Gasteiger partial charge in [0, 0.05) is 11.1 Å². The molecule has 0 atom stereocenters. The fourth-order valence-corrected chi connectivity index (χ4v) is 2.07. The zero-order valence-electron chi connectivity index (χ0n) is 11.9. The van der Waals surface area contributed by atoms with Crippen molar-refractivity contribution in [2.75, 3.05) is 0 Å². The van der Waals surface area contributed by atoms with Gasteiger partial charge in [-0.05, 0) is 37.1 Å². The van der Waals surface area contributed by atoms with Gasteiger partial charge in [0.2, 0.25) is 6.41 Å². The van der Waals surface area contributed by atoms with E-state index >= 15 is 0 Å². The lowest BCUT2D eigenvalue weighted by molar-refractivity contribution is -0.114. The van der Waals surface area contributed by atoms with Crippen LogP contribution in [0, 0.1) is 13.8 Å². The molecule has 0 saturated heterocycles. The molecule has 0 aromatic heterocycles. The summed E-state index contributed by atoms with van der Waals surface area (Å²) in [6, 6.07) is 13.7. The summed E-state index contributed by atoms with van der Waals surface area (Å²) in [6.45, 7) is 3.52. The molecule has 2 rings (SSSR count). The second-order valence-electron chi connectivity index (χ2n) is 4.72. The van der Waals surface area contributed by atoms with Gasteiger partial charge in [0.1, 0.15) is 0 Å². The molecule has 2 aromatic rings. The number of hydrogen-bond acceptors (Lipinski definition) is 3. The lowest BCUT2D eigenvalue weighted by Crippen LogP contribution is -2.36. The van der Waals surface area contributed by atoms with Gasteiger partial charge in [-0.25, -0.2) is 4.90 Å². The molecule has 4 heteroatoms. The Labute approximate surface area is 123 Å². The highest BCUT2D eigenvalue weighted by atomic mass is 16.2. The monoisotopic (exact) mass is 281 g/mol. The van der Waals surface area contributed by atoms with Crippen LogP contribution in [-0.2, 0) is 4.79 Å². The Morgan fingerprint density at radius 3 is 1.52 bits per heavy atom. The van der Waals surface area contributed by atoms with E-state index in [0.29, 0.717) is 27.2 Å². The third kappa shape index (κ3) is 2.89. The maximum atomic E-state index is 12.4. The molecule has 0 bridgehead atoms.